The molecule has 0 radical (unpaired) electrons. The highest BCUT2D eigenvalue weighted by Gasteiger charge is 2.90. The van der Waals surface area contributed by atoms with Crippen molar-refractivity contribution in [2.24, 2.45) is 0 Å². The van der Waals surface area contributed by atoms with Crippen LogP contribution in [0.1, 0.15) is 33.1 Å². The summed E-state index contributed by atoms with van der Waals surface area (Å²) in [5.41, 5.74) is 0. The topological polar surface area (TPSA) is 0 Å². The van der Waals surface area contributed by atoms with Gasteiger partial charge in [0.25, 0.3) is 0 Å². The van der Waals surface area contributed by atoms with Crippen molar-refractivity contribution in [2.75, 3.05) is 0 Å². The van der Waals surface area contributed by atoms with Gasteiger partial charge in [0.2, 0.25) is 0 Å². The van der Waals surface area contributed by atoms with Crippen molar-refractivity contribution in [1.82, 2.24) is 0 Å². The lowest BCUT2D eigenvalue weighted by Crippen LogP contribution is -2.70. The van der Waals surface area contributed by atoms with Crippen LogP contribution in [-0.2, 0) is 0 Å². The lowest BCUT2D eigenvalue weighted by Gasteiger charge is -2.41. The Bertz CT molecular complexity index is 492. The minimum atomic E-state index is -7.84. The summed E-state index contributed by atoms with van der Waals surface area (Å²) in [5, 5.41) is 0. The first-order valence-corrected chi connectivity index (χ1v) is 7.74. The molecule has 26 heavy (non-hydrogen) atoms. The van der Waals surface area contributed by atoms with Crippen LogP contribution in [0.15, 0.2) is 0 Å². The summed E-state index contributed by atoms with van der Waals surface area (Å²) >= 11 is 1.15. The van der Waals surface area contributed by atoms with Crippen LogP contribution in [0, 0.1) is 0 Å². The number of hydrogen-bond donors (Lipinski definition) is 0. The van der Waals surface area contributed by atoms with Crippen molar-refractivity contribution in [3.63, 3.8) is 0 Å². The van der Waals surface area contributed by atoms with E-state index in [4.69, 9.17) is 0 Å². The molecule has 1 unspecified atom stereocenters. The van der Waals surface area contributed by atoms with Crippen LogP contribution in [0.4, 0.5) is 57.1 Å². The molecule has 0 bridgehead atoms. The second-order valence-electron chi connectivity index (χ2n) is 5.84. The van der Waals surface area contributed by atoms with Crippen LogP contribution in [0.3, 0.4) is 0 Å². The molecule has 0 amide bonds. The molecular formula is C12H12F13I. The molecule has 0 fully saturated rings. The predicted molar refractivity (Wildman–Crippen MR) is 72.7 cm³/mol. The van der Waals surface area contributed by atoms with Gasteiger partial charge in [-0.25, -0.2) is 0 Å². The Hall–Kier alpha value is -0.180. The number of rotatable bonds is 8. The fourth-order valence-corrected chi connectivity index (χ4v) is 3.00. The maximum Gasteiger partial charge on any atom is 0.460 e. The van der Waals surface area contributed by atoms with Crippen LogP contribution in [0.5, 0.6) is 0 Å². The van der Waals surface area contributed by atoms with E-state index in [2.05, 4.69) is 0 Å². The molecule has 0 aliphatic heterocycles. The van der Waals surface area contributed by atoms with Gasteiger partial charge in [0, 0.05) is 9.84 Å². The molecule has 158 valence electrons. The van der Waals surface area contributed by atoms with Gasteiger partial charge in [-0.2, -0.15) is 57.1 Å². The van der Waals surface area contributed by atoms with Gasteiger partial charge in [0.15, 0.2) is 0 Å². The van der Waals surface area contributed by atoms with E-state index >= 15 is 0 Å². The van der Waals surface area contributed by atoms with Gasteiger partial charge in [-0.3, -0.25) is 0 Å². The van der Waals surface area contributed by atoms with Crippen LogP contribution >= 0.6 is 22.6 Å². The van der Waals surface area contributed by atoms with E-state index < -0.39 is 45.6 Å². The van der Waals surface area contributed by atoms with Crippen LogP contribution in [0.25, 0.3) is 0 Å². The second-order valence-corrected chi connectivity index (χ2v) is 8.44. The quantitative estimate of drug-likeness (QED) is 0.178. The van der Waals surface area contributed by atoms with Crippen molar-refractivity contribution in [1.29, 1.82) is 0 Å². The summed E-state index contributed by atoms with van der Waals surface area (Å²) in [6.07, 6.45) is -9.74. The van der Waals surface area contributed by atoms with Gasteiger partial charge in [0.05, 0.1) is 0 Å². The summed E-state index contributed by atoms with van der Waals surface area (Å²) in [7, 11) is 0. The molecule has 0 nitrogen and oxygen atoms in total. The highest BCUT2D eigenvalue weighted by atomic mass is 127. The molecule has 0 heterocycles. The largest absolute Gasteiger partial charge is 0.460 e. The third kappa shape index (κ3) is 4.13. The van der Waals surface area contributed by atoms with Gasteiger partial charge >= 0.3 is 35.8 Å². The number of halogens is 14. The minimum Gasteiger partial charge on any atom is -0.200 e. The Morgan fingerprint density at radius 2 is 0.962 bits per heavy atom. The van der Waals surface area contributed by atoms with Gasteiger partial charge < -0.3 is 0 Å². The average Bonchev–Trinajstić information content (AvgIpc) is 2.34. The first kappa shape index (κ1) is 25.8. The zero-order chi connectivity index (χ0) is 21.6. The van der Waals surface area contributed by atoms with Crippen LogP contribution in [-0.4, -0.2) is 39.2 Å². The van der Waals surface area contributed by atoms with E-state index in [0.29, 0.717) is 0 Å². The van der Waals surface area contributed by atoms with Crippen LogP contribution in [0.2, 0.25) is 0 Å². The lowest BCUT2D eigenvalue weighted by atomic mass is 9.88. The molecule has 0 aliphatic rings. The van der Waals surface area contributed by atoms with Crippen molar-refractivity contribution in [3.05, 3.63) is 0 Å². The third-order valence-corrected chi connectivity index (χ3v) is 4.28. The highest BCUT2D eigenvalue weighted by molar-refractivity contribution is 14.1. The van der Waals surface area contributed by atoms with E-state index in [1.54, 1.807) is 0 Å². The Balaban J connectivity index is 6.16. The number of hydrogen-bond acceptors (Lipinski definition) is 0. The molecule has 0 saturated heterocycles. The van der Waals surface area contributed by atoms with Gasteiger partial charge in [-0.1, -0.05) is 42.9 Å². The highest BCUT2D eigenvalue weighted by Crippen LogP contribution is 2.61. The smallest absolute Gasteiger partial charge is 0.200 e. The summed E-state index contributed by atoms with van der Waals surface area (Å²) in [4.78, 5) is 0. The maximum absolute atomic E-state index is 13.6. The average molecular weight is 530 g/mol. The molecule has 0 aliphatic carbocycles. The van der Waals surface area contributed by atoms with Gasteiger partial charge in [-0.15, -0.1) is 0 Å². The SMILES string of the molecule is CCCC(C)(I)CC(F)(F)C(F)(F)C(F)(F)C(F)(F)C(F)(F)C(F)(F)F. The minimum absolute atomic E-state index is 0.0831. The predicted octanol–water partition coefficient (Wildman–Crippen LogP) is 7.11. The van der Waals surface area contributed by atoms with E-state index in [0.717, 1.165) is 29.5 Å². The van der Waals surface area contributed by atoms with E-state index in [9.17, 15) is 57.1 Å². The normalized spacial score (nSPS) is 18.0. The molecule has 14 heteroatoms. The van der Waals surface area contributed by atoms with Gasteiger partial charge in [-0.05, 0) is 6.42 Å². The fraction of sp³-hybridized carbons (Fsp3) is 1.00. The Morgan fingerprint density at radius 1 is 0.615 bits per heavy atom. The standard InChI is InChI=1S/C12H12F13I/c1-3-4-6(2,26)5-7(13,14)8(15,16)9(17,18)10(19,20)11(21,22)12(23,24)25/h3-5H2,1-2H3. The van der Waals surface area contributed by atoms with E-state index in [-0.39, 0.29) is 12.8 Å². The molecule has 0 spiro atoms. The van der Waals surface area contributed by atoms with Gasteiger partial charge in [0.1, 0.15) is 0 Å². The molecule has 0 aromatic rings. The molecule has 0 aromatic carbocycles. The lowest BCUT2D eigenvalue weighted by molar-refractivity contribution is -0.440. The monoisotopic (exact) mass is 530 g/mol. The molecule has 0 N–H and O–H groups in total. The van der Waals surface area contributed by atoms with E-state index in [1.165, 1.54) is 6.92 Å². The molecular weight excluding hydrogens is 518 g/mol. The fourth-order valence-electron chi connectivity index (χ4n) is 1.99. The first-order chi connectivity index (χ1) is 11.0. The summed E-state index contributed by atoms with van der Waals surface area (Å²) in [5.74, 6) is -36.4. The molecule has 0 aromatic heterocycles. The third-order valence-electron chi connectivity index (χ3n) is 3.36. The first-order valence-electron chi connectivity index (χ1n) is 6.66. The molecule has 0 saturated carbocycles. The Labute approximate surface area is 152 Å². The Kier molecular flexibility index (Phi) is 6.96. The van der Waals surface area contributed by atoms with Crippen molar-refractivity contribution >= 4 is 22.6 Å². The van der Waals surface area contributed by atoms with Crippen molar-refractivity contribution in [2.45, 2.75) is 72.3 Å². The molecule has 1 atom stereocenters. The molecule has 0 rings (SSSR count). The van der Waals surface area contributed by atoms with Crippen molar-refractivity contribution < 1.29 is 57.1 Å². The second kappa shape index (κ2) is 7.01. The van der Waals surface area contributed by atoms with Crippen LogP contribution < -0.4 is 0 Å². The summed E-state index contributed by atoms with van der Waals surface area (Å²) < 4.78 is 166. The number of alkyl halides is 14. The zero-order valence-corrected chi connectivity index (χ0v) is 15.1. The summed E-state index contributed by atoms with van der Waals surface area (Å²) in [6.45, 7) is 2.27. The Morgan fingerprint density at radius 3 is 1.27 bits per heavy atom. The van der Waals surface area contributed by atoms with E-state index in [1.807, 2.05) is 0 Å². The maximum atomic E-state index is 13.6. The van der Waals surface area contributed by atoms with Crippen molar-refractivity contribution in [3.8, 4) is 0 Å². The zero-order valence-electron chi connectivity index (χ0n) is 12.9. The summed E-state index contributed by atoms with van der Waals surface area (Å²) in [6, 6.07) is 0.